The van der Waals surface area contributed by atoms with Crippen LogP contribution >= 0.6 is 11.3 Å². The van der Waals surface area contributed by atoms with E-state index in [9.17, 15) is 9.59 Å². The predicted octanol–water partition coefficient (Wildman–Crippen LogP) is 3.34. The Morgan fingerprint density at radius 2 is 2.03 bits per heavy atom. The number of hydrogen-bond acceptors (Lipinski definition) is 6. The topological polar surface area (TPSA) is 96.4 Å². The monoisotopic (exact) mass is 417 g/mol. The van der Waals surface area contributed by atoms with Gasteiger partial charge in [-0.3, -0.25) is 4.79 Å². The summed E-state index contributed by atoms with van der Waals surface area (Å²) in [7, 11) is 1.59. The lowest BCUT2D eigenvalue weighted by atomic mass is 9.99. The minimum Gasteiger partial charge on any atom is -0.497 e. The molecule has 2 heterocycles. The maximum absolute atomic E-state index is 12.5. The smallest absolute Gasteiger partial charge is 0.317 e. The fraction of sp³-hybridized carbons (Fsp3) is 0.500. The number of anilines is 1. The van der Waals surface area contributed by atoms with Crippen LogP contribution in [-0.2, 0) is 0 Å². The second-order valence-electron chi connectivity index (χ2n) is 7.49. The highest BCUT2D eigenvalue weighted by atomic mass is 32.1. The number of carbonyl (C=O) groups excluding carboxylic acids is 2. The molecule has 156 valence electrons. The summed E-state index contributed by atoms with van der Waals surface area (Å²) in [6.45, 7) is 6.13. The number of amides is 3. The molecule has 1 aliphatic heterocycles. The van der Waals surface area contributed by atoms with Gasteiger partial charge in [-0.15, -0.1) is 10.2 Å². The van der Waals surface area contributed by atoms with E-state index in [-0.39, 0.29) is 17.9 Å². The average Bonchev–Trinajstić information content (AvgIpc) is 3.23. The summed E-state index contributed by atoms with van der Waals surface area (Å²) in [5, 5.41) is 15.2. The number of ether oxygens (including phenoxy) is 1. The quantitative estimate of drug-likeness (QED) is 0.751. The maximum atomic E-state index is 12.5. The van der Waals surface area contributed by atoms with E-state index in [0.29, 0.717) is 29.7 Å². The van der Waals surface area contributed by atoms with E-state index in [2.05, 4.69) is 34.7 Å². The fourth-order valence-electron chi connectivity index (χ4n) is 3.12. The van der Waals surface area contributed by atoms with Crippen molar-refractivity contribution in [1.82, 2.24) is 20.4 Å². The normalized spacial score (nSPS) is 16.6. The molecule has 9 heteroatoms. The second kappa shape index (κ2) is 9.69. The Bertz CT molecular complexity index is 837. The summed E-state index contributed by atoms with van der Waals surface area (Å²) >= 11 is 1.29. The molecule has 0 radical (unpaired) electrons. The molecule has 1 unspecified atom stereocenters. The minimum atomic E-state index is -0.291. The van der Waals surface area contributed by atoms with Gasteiger partial charge in [0.2, 0.25) is 5.01 Å². The highest BCUT2D eigenvalue weighted by Gasteiger charge is 2.28. The summed E-state index contributed by atoms with van der Waals surface area (Å²) < 4.78 is 5.12. The van der Waals surface area contributed by atoms with Crippen LogP contribution in [0.15, 0.2) is 24.3 Å². The molecule has 0 aliphatic carbocycles. The first-order chi connectivity index (χ1) is 14.0. The van der Waals surface area contributed by atoms with Gasteiger partial charge in [0.25, 0.3) is 5.91 Å². The maximum Gasteiger partial charge on any atom is 0.317 e. The van der Waals surface area contributed by atoms with E-state index in [4.69, 9.17) is 4.74 Å². The van der Waals surface area contributed by atoms with Crippen molar-refractivity contribution < 1.29 is 14.3 Å². The number of nitrogens with zero attached hydrogens (tertiary/aromatic N) is 3. The molecule has 1 atom stereocenters. The van der Waals surface area contributed by atoms with Gasteiger partial charge < -0.3 is 20.3 Å². The van der Waals surface area contributed by atoms with Crippen molar-refractivity contribution in [3.63, 3.8) is 0 Å². The highest BCUT2D eigenvalue weighted by molar-refractivity contribution is 7.13. The van der Waals surface area contributed by atoms with Crippen LogP contribution in [0, 0.1) is 5.92 Å². The molecule has 3 amide bonds. The van der Waals surface area contributed by atoms with E-state index in [1.165, 1.54) is 11.3 Å². The molecule has 1 aromatic carbocycles. The number of piperidine rings is 1. The molecule has 0 saturated carbocycles. The Labute approximate surface area is 174 Å². The van der Waals surface area contributed by atoms with Gasteiger partial charge in [0.15, 0.2) is 0 Å². The van der Waals surface area contributed by atoms with Crippen LogP contribution in [-0.4, -0.2) is 53.8 Å². The summed E-state index contributed by atoms with van der Waals surface area (Å²) in [6.07, 6.45) is 1.84. The van der Waals surface area contributed by atoms with Crippen LogP contribution in [0.4, 0.5) is 10.5 Å². The van der Waals surface area contributed by atoms with Crippen molar-refractivity contribution in [2.75, 3.05) is 32.1 Å². The van der Waals surface area contributed by atoms with Crippen molar-refractivity contribution in [2.45, 2.75) is 32.6 Å². The standard InChI is InChI=1S/C20H27N5O3S/c1-13(2)11-21-20(27)25-10-4-5-14(12-25)18-23-24-19(29-18)17(26)22-15-6-8-16(28-3)9-7-15/h6-9,13-14H,4-5,10-12H2,1-3H3,(H,21,27)(H,22,26). The number of methoxy groups -OCH3 is 1. The third kappa shape index (κ3) is 5.66. The van der Waals surface area contributed by atoms with Crippen molar-refractivity contribution >= 4 is 29.0 Å². The number of carbonyl (C=O) groups is 2. The Balaban J connectivity index is 1.59. The lowest BCUT2D eigenvalue weighted by Gasteiger charge is -2.31. The van der Waals surface area contributed by atoms with Crippen molar-refractivity contribution in [3.8, 4) is 5.75 Å². The van der Waals surface area contributed by atoms with Crippen LogP contribution in [0.5, 0.6) is 5.75 Å². The molecule has 0 bridgehead atoms. The Hall–Kier alpha value is -2.68. The molecular formula is C20H27N5O3S. The zero-order chi connectivity index (χ0) is 20.8. The summed E-state index contributed by atoms with van der Waals surface area (Å²) in [5.41, 5.74) is 0.665. The lowest BCUT2D eigenvalue weighted by Crippen LogP contribution is -2.45. The number of likely N-dealkylation sites (tertiary alicyclic amines) is 1. The first kappa shape index (κ1) is 21.0. The van der Waals surface area contributed by atoms with E-state index < -0.39 is 0 Å². The number of nitrogens with one attached hydrogen (secondary N) is 2. The molecule has 2 aromatic rings. The molecule has 0 spiro atoms. The average molecular weight is 418 g/mol. The minimum absolute atomic E-state index is 0.0367. The first-order valence-corrected chi connectivity index (χ1v) is 10.6. The number of aromatic nitrogens is 2. The molecule has 1 aliphatic rings. The summed E-state index contributed by atoms with van der Waals surface area (Å²) in [4.78, 5) is 26.7. The van der Waals surface area contributed by atoms with E-state index >= 15 is 0 Å². The number of benzene rings is 1. The van der Waals surface area contributed by atoms with Crippen LogP contribution in [0.2, 0.25) is 0 Å². The van der Waals surface area contributed by atoms with Crippen LogP contribution in [0.3, 0.4) is 0 Å². The molecule has 8 nitrogen and oxygen atoms in total. The van der Waals surface area contributed by atoms with Crippen molar-refractivity contribution in [2.24, 2.45) is 5.92 Å². The van der Waals surface area contributed by atoms with E-state index in [0.717, 1.165) is 30.1 Å². The fourth-order valence-corrected chi connectivity index (χ4v) is 3.98. The Kier molecular flexibility index (Phi) is 7.03. The predicted molar refractivity (Wildman–Crippen MR) is 113 cm³/mol. The van der Waals surface area contributed by atoms with E-state index in [1.54, 1.807) is 31.4 Å². The molecule has 1 saturated heterocycles. The van der Waals surface area contributed by atoms with Gasteiger partial charge in [-0.05, 0) is 43.0 Å². The van der Waals surface area contributed by atoms with Gasteiger partial charge in [0, 0.05) is 31.2 Å². The third-order valence-electron chi connectivity index (χ3n) is 4.70. The summed E-state index contributed by atoms with van der Waals surface area (Å²) in [6, 6.07) is 7.07. The van der Waals surface area contributed by atoms with Crippen molar-refractivity contribution in [3.05, 3.63) is 34.3 Å². The second-order valence-corrected chi connectivity index (χ2v) is 8.50. The summed E-state index contributed by atoms with van der Waals surface area (Å²) in [5.74, 6) is 0.949. The number of urea groups is 1. The van der Waals surface area contributed by atoms with Crippen LogP contribution < -0.4 is 15.4 Å². The van der Waals surface area contributed by atoms with Crippen LogP contribution in [0.25, 0.3) is 0 Å². The lowest BCUT2D eigenvalue weighted by molar-refractivity contribution is 0.102. The molecule has 3 rings (SSSR count). The molecule has 2 N–H and O–H groups in total. The van der Waals surface area contributed by atoms with Gasteiger partial charge in [0.05, 0.1) is 7.11 Å². The van der Waals surface area contributed by atoms with Gasteiger partial charge in [0.1, 0.15) is 10.8 Å². The largest absolute Gasteiger partial charge is 0.497 e. The number of rotatable bonds is 6. The van der Waals surface area contributed by atoms with Crippen molar-refractivity contribution in [1.29, 1.82) is 0 Å². The Morgan fingerprint density at radius 1 is 1.28 bits per heavy atom. The zero-order valence-corrected chi connectivity index (χ0v) is 17.8. The third-order valence-corrected chi connectivity index (χ3v) is 5.79. The first-order valence-electron chi connectivity index (χ1n) is 9.78. The number of hydrogen-bond donors (Lipinski definition) is 2. The van der Waals surface area contributed by atoms with Gasteiger partial charge >= 0.3 is 6.03 Å². The van der Waals surface area contributed by atoms with Gasteiger partial charge in [-0.25, -0.2) is 4.79 Å². The molecule has 1 aromatic heterocycles. The van der Waals surface area contributed by atoms with Crippen LogP contribution in [0.1, 0.15) is 47.4 Å². The van der Waals surface area contributed by atoms with E-state index in [1.807, 2.05) is 4.90 Å². The van der Waals surface area contributed by atoms with Gasteiger partial charge in [-0.1, -0.05) is 25.2 Å². The molecule has 1 fully saturated rings. The van der Waals surface area contributed by atoms with Gasteiger partial charge in [-0.2, -0.15) is 0 Å². The molecular weight excluding hydrogens is 390 g/mol. The zero-order valence-electron chi connectivity index (χ0n) is 17.0. The SMILES string of the molecule is COc1ccc(NC(=O)c2nnc(C3CCCN(C(=O)NCC(C)C)C3)s2)cc1. The highest BCUT2D eigenvalue weighted by Crippen LogP contribution is 2.29. The Morgan fingerprint density at radius 3 is 2.72 bits per heavy atom. The molecule has 29 heavy (non-hydrogen) atoms.